The summed E-state index contributed by atoms with van der Waals surface area (Å²) in [6, 6.07) is 8.89. The van der Waals surface area contributed by atoms with Gasteiger partial charge in [-0.25, -0.2) is 19.2 Å². The molecular weight excluding hydrogens is 313 g/mol. The van der Waals surface area contributed by atoms with Gasteiger partial charge in [0.15, 0.2) is 0 Å². The van der Waals surface area contributed by atoms with Crippen molar-refractivity contribution in [3.8, 4) is 5.75 Å². The highest BCUT2D eigenvalue weighted by atomic mass is 19.1. The molecule has 0 saturated heterocycles. The first-order chi connectivity index (χ1) is 11.5. The van der Waals surface area contributed by atoms with Crippen molar-refractivity contribution < 1.29 is 19.0 Å². The third kappa shape index (κ3) is 2.83. The van der Waals surface area contributed by atoms with E-state index in [9.17, 15) is 14.3 Å². The lowest BCUT2D eigenvalue weighted by molar-refractivity contribution is 0.0600. The van der Waals surface area contributed by atoms with Gasteiger partial charge >= 0.3 is 5.97 Å². The highest BCUT2D eigenvalue weighted by Crippen LogP contribution is 2.25. The summed E-state index contributed by atoms with van der Waals surface area (Å²) in [6.07, 6.45) is 0.184. The predicted molar refractivity (Wildman–Crippen MR) is 86.2 cm³/mol. The van der Waals surface area contributed by atoms with Crippen LogP contribution in [0.4, 0.5) is 10.2 Å². The number of carbonyl (C=O) groups excluding carboxylic acids is 1. The number of halogens is 1. The van der Waals surface area contributed by atoms with E-state index in [2.05, 4.69) is 14.7 Å². The van der Waals surface area contributed by atoms with Crippen molar-refractivity contribution in [3.63, 3.8) is 0 Å². The minimum atomic E-state index is -0.543. The van der Waals surface area contributed by atoms with E-state index in [1.54, 1.807) is 12.1 Å². The number of methoxy groups -OCH3 is 1. The Labute approximate surface area is 136 Å². The molecule has 1 aromatic heterocycles. The standard InChI is InChI=1S/C17H14FN3O3/c1-24-17(23)10-6-5-9(13(22)7-10)8-14-20-12-4-2-3-11(18)15(12)16(19)21-14/h2-7,22H,8H2,1H3,(H2,19,20,21). The fraction of sp³-hybridized carbons (Fsp3) is 0.118. The van der Waals surface area contributed by atoms with Crippen molar-refractivity contribution in [2.75, 3.05) is 12.8 Å². The van der Waals surface area contributed by atoms with Crippen LogP contribution in [-0.2, 0) is 11.2 Å². The van der Waals surface area contributed by atoms with Crippen molar-refractivity contribution in [2.24, 2.45) is 0 Å². The molecule has 6 nitrogen and oxygen atoms in total. The number of carbonyl (C=O) groups is 1. The maximum Gasteiger partial charge on any atom is 0.337 e. The number of nitrogens with zero attached hydrogens (tertiary/aromatic N) is 2. The van der Waals surface area contributed by atoms with Gasteiger partial charge < -0.3 is 15.6 Å². The average molecular weight is 327 g/mol. The van der Waals surface area contributed by atoms with Gasteiger partial charge in [0.25, 0.3) is 0 Å². The number of phenols is 1. The third-order valence-electron chi connectivity index (χ3n) is 3.60. The van der Waals surface area contributed by atoms with E-state index in [-0.39, 0.29) is 28.9 Å². The number of nitrogen functional groups attached to an aromatic ring is 1. The van der Waals surface area contributed by atoms with Crippen LogP contribution in [-0.4, -0.2) is 28.2 Å². The highest BCUT2D eigenvalue weighted by molar-refractivity contribution is 5.90. The molecule has 0 amide bonds. The molecule has 0 aliphatic rings. The molecular formula is C17H14FN3O3. The zero-order valence-corrected chi connectivity index (χ0v) is 12.8. The Morgan fingerprint density at radius 2 is 2.08 bits per heavy atom. The number of phenolic OH excluding ortho intramolecular Hbond substituents is 1. The first-order valence-corrected chi connectivity index (χ1v) is 7.10. The van der Waals surface area contributed by atoms with E-state index >= 15 is 0 Å². The van der Waals surface area contributed by atoms with Crippen LogP contribution in [0.5, 0.6) is 5.75 Å². The zero-order chi connectivity index (χ0) is 17.3. The molecule has 7 heteroatoms. The number of aromatic hydroxyl groups is 1. The lowest BCUT2D eigenvalue weighted by Gasteiger charge is -2.08. The fourth-order valence-corrected chi connectivity index (χ4v) is 2.43. The smallest absolute Gasteiger partial charge is 0.337 e. The Morgan fingerprint density at radius 1 is 1.29 bits per heavy atom. The number of hydrogen-bond donors (Lipinski definition) is 2. The molecule has 0 spiro atoms. The molecule has 0 atom stereocenters. The number of rotatable bonds is 3. The van der Waals surface area contributed by atoms with Gasteiger partial charge in [0.05, 0.1) is 23.6 Å². The minimum absolute atomic E-state index is 0.0405. The van der Waals surface area contributed by atoms with Gasteiger partial charge in [-0.15, -0.1) is 0 Å². The summed E-state index contributed by atoms with van der Waals surface area (Å²) < 4.78 is 18.4. The number of anilines is 1. The first-order valence-electron chi connectivity index (χ1n) is 7.10. The number of ether oxygens (including phenoxy) is 1. The molecule has 0 fully saturated rings. The van der Waals surface area contributed by atoms with Crippen LogP contribution in [0.25, 0.3) is 10.9 Å². The molecule has 0 unspecified atom stereocenters. The van der Waals surface area contributed by atoms with Crippen LogP contribution in [0, 0.1) is 5.82 Å². The number of benzene rings is 2. The maximum absolute atomic E-state index is 13.8. The summed E-state index contributed by atoms with van der Waals surface area (Å²) in [7, 11) is 1.26. The van der Waals surface area contributed by atoms with Gasteiger partial charge in [0.1, 0.15) is 23.2 Å². The summed E-state index contributed by atoms with van der Waals surface area (Å²) in [5.41, 5.74) is 6.96. The maximum atomic E-state index is 13.8. The zero-order valence-electron chi connectivity index (χ0n) is 12.8. The second-order valence-electron chi connectivity index (χ2n) is 5.17. The summed E-state index contributed by atoms with van der Waals surface area (Å²) in [4.78, 5) is 19.8. The molecule has 3 N–H and O–H groups in total. The molecule has 3 aromatic rings. The largest absolute Gasteiger partial charge is 0.508 e. The summed E-state index contributed by atoms with van der Waals surface area (Å²) in [6.45, 7) is 0. The second kappa shape index (κ2) is 6.11. The number of fused-ring (bicyclic) bond motifs is 1. The van der Waals surface area contributed by atoms with Gasteiger partial charge in [-0.3, -0.25) is 0 Å². The highest BCUT2D eigenvalue weighted by Gasteiger charge is 2.13. The van der Waals surface area contributed by atoms with Gasteiger partial charge in [-0.1, -0.05) is 12.1 Å². The van der Waals surface area contributed by atoms with Gasteiger partial charge in [-0.05, 0) is 24.3 Å². The molecule has 2 aromatic carbocycles. The van der Waals surface area contributed by atoms with E-state index in [0.717, 1.165) is 0 Å². The minimum Gasteiger partial charge on any atom is -0.508 e. The monoisotopic (exact) mass is 327 g/mol. The Kier molecular flexibility index (Phi) is 3.99. The first kappa shape index (κ1) is 15.7. The number of aromatic nitrogens is 2. The van der Waals surface area contributed by atoms with Crippen LogP contribution in [0.3, 0.4) is 0 Å². The number of nitrogens with two attached hydrogens (primary N) is 1. The van der Waals surface area contributed by atoms with Crippen LogP contribution in [0.2, 0.25) is 0 Å². The third-order valence-corrected chi connectivity index (χ3v) is 3.60. The number of hydrogen-bond acceptors (Lipinski definition) is 6. The predicted octanol–water partition coefficient (Wildman–Crippen LogP) is 2.43. The van der Waals surface area contributed by atoms with Gasteiger partial charge in [0, 0.05) is 12.0 Å². The van der Waals surface area contributed by atoms with Crippen LogP contribution >= 0.6 is 0 Å². The number of esters is 1. The summed E-state index contributed by atoms with van der Waals surface area (Å²) in [5.74, 6) is -0.731. The lowest BCUT2D eigenvalue weighted by atomic mass is 10.1. The van der Waals surface area contributed by atoms with Crippen LogP contribution in [0.1, 0.15) is 21.7 Å². The second-order valence-corrected chi connectivity index (χ2v) is 5.17. The molecule has 24 heavy (non-hydrogen) atoms. The van der Waals surface area contributed by atoms with Crippen molar-refractivity contribution >= 4 is 22.7 Å². The van der Waals surface area contributed by atoms with Crippen molar-refractivity contribution in [2.45, 2.75) is 6.42 Å². The quantitative estimate of drug-likeness (QED) is 0.717. The Morgan fingerprint density at radius 3 is 2.79 bits per heavy atom. The van der Waals surface area contributed by atoms with E-state index in [1.165, 1.54) is 31.4 Å². The Hall–Kier alpha value is -3.22. The van der Waals surface area contributed by atoms with Gasteiger partial charge in [-0.2, -0.15) is 0 Å². The molecule has 0 aliphatic carbocycles. The van der Waals surface area contributed by atoms with Crippen molar-refractivity contribution in [3.05, 3.63) is 59.2 Å². The van der Waals surface area contributed by atoms with E-state index in [1.807, 2.05) is 0 Å². The summed E-state index contributed by atoms with van der Waals surface area (Å²) in [5, 5.41) is 10.2. The fourth-order valence-electron chi connectivity index (χ4n) is 2.43. The average Bonchev–Trinajstić information content (AvgIpc) is 2.55. The molecule has 0 aliphatic heterocycles. The Balaban J connectivity index is 1.97. The van der Waals surface area contributed by atoms with Crippen molar-refractivity contribution in [1.82, 2.24) is 9.97 Å². The van der Waals surface area contributed by atoms with Crippen LogP contribution < -0.4 is 5.73 Å². The molecule has 0 radical (unpaired) electrons. The Bertz CT molecular complexity index is 944. The van der Waals surface area contributed by atoms with Crippen LogP contribution in [0.15, 0.2) is 36.4 Å². The SMILES string of the molecule is COC(=O)c1ccc(Cc2nc(N)c3c(F)cccc3n2)c(O)c1. The van der Waals surface area contributed by atoms with E-state index in [0.29, 0.717) is 16.9 Å². The van der Waals surface area contributed by atoms with Crippen molar-refractivity contribution in [1.29, 1.82) is 0 Å². The lowest BCUT2D eigenvalue weighted by Crippen LogP contribution is -2.04. The molecule has 0 saturated carbocycles. The molecule has 1 heterocycles. The summed E-state index contributed by atoms with van der Waals surface area (Å²) >= 11 is 0. The van der Waals surface area contributed by atoms with Gasteiger partial charge in [0.2, 0.25) is 0 Å². The molecule has 122 valence electrons. The topological polar surface area (TPSA) is 98.3 Å². The molecule has 3 rings (SSSR count). The normalized spacial score (nSPS) is 10.8. The van der Waals surface area contributed by atoms with E-state index < -0.39 is 11.8 Å². The molecule has 0 bridgehead atoms. The van der Waals surface area contributed by atoms with E-state index in [4.69, 9.17) is 5.73 Å².